The van der Waals surface area contributed by atoms with E-state index in [1.165, 1.54) is 12.1 Å². The van der Waals surface area contributed by atoms with Gasteiger partial charge in [-0.2, -0.15) is 0 Å². The van der Waals surface area contributed by atoms with E-state index in [9.17, 15) is 9.18 Å². The van der Waals surface area contributed by atoms with Crippen molar-refractivity contribution >= 4 is 5.78 Å². The van der Waals surface area contributed by atoms with Crippen LogP contribution in [-0.4, -0.2) is 31.7 Å². The highest BCUT2D eigenvalue weighted by Crippen LogP contribution is 2.11. The number of carbonyl (C=O) groups excluding carboxylic acids is 1. The van der Waals surface area contributed by atoms with Gasteiger partial charge in [0.2, 0.25) is 0 Å². The maximum atomic E-state index is 12.7. The Hall–Kier alpha value is -1.26. The molecule has 1 aromatic rings. The fourth-order valence-electron chi connectivity index (χ4n) is 1.93. The van der Waals surface area contributed by atoms with Gasteiger partial charge in [0, 0.05) is 19.6 Å². The summed E-state index contributed by atoms with van der Waals surface area (Å²) in [7, 11) is 0. The number of ketones is 1. The van der Waals surface area contributed by atoms with Gasteiger partial charge in [-0.3, -0.25) is 4.79 Å². The van der Waals surface area contributed by atoms with E-state index in [0.717, 1.165) is 18.4 Å². The van der Waals surface area contributed by atoms with Gasteiger partial charge >= 0.3 is 0 Å². The molecule has 0 N–H and O–H groups in total. The van der Waals surface area contributed by atoms with Gasteiger partial charge in [0.1, 0.15) is 12.4 Å². The van der Waals surface area contributed by atoms with Crippen LogP contribution in [0, 0.1) is 5.82 Å². The zero-order valence-corrected chi connectivity index (χ0v) is 10.2. The van der Waals surface area contributed by atoms with Crippen molar-refractivity contribution in [1.29, 1.82) is 0 Å². The molecule has 1 heterocycles. The van der Waals surface area contributed by atoms with Gasteiger partial charge in [0.25, 0.3) is 0 Å². The Bertz CT molecular complexity index is 383. The Morgan fingerprint density at radius 1 is 1.28 bits per heavy atom. The van der Waals surface area contributed by atoms with Crippen LogP contribution < -0.4 is 0 Å². The zero-order valence-electron chi connectivity index (χ0n) is 10.2. The molecule has 0 unspecified atom stereocenters. The fraction of sp³-hybridized carbons (Fsp3) is 0.500. The van der Waals surface area contributed by atoms with Crippen LogP contribution >= 0.6 is 0 Å². The summed E-state index contributed by atoms with van der Waals surface area (Å²) in [6, 6.07) is 5.98. The highest BCUT2D eigenvalue weighted by Gasteiger charge is 2.15. The molecule has 0 amide bonds. The zero-order chi connectivity index (χ0) is 12.8. The van der Waals surface area contributed by atoms with E-state index in [-0.39, 0.29) is 24.3 Å². The third-order valence-corrected chi connectivity index (χ3v) is 2.96. The number of hydrogen-bond acceptors (Lipinski definition) is 3. The summed E-state index contributed by atoms with van der Waals surface area (Å²) in [6.07, 6.45) is 2.13. The molecule has 0 aromatic heterocycles. The molecule has 0 saturated carbocycles. The molecular formula is C14H17FO3. The molecule has 98 valence electrons. The van der Waals surface area contributed by atoms with Crippen LogP contribution in [0.1, 0.15) is 18.4 Å². The molecule has 0 spiro atoms. The van der Waals surface area contributed by atoms with E-state index in [4.69, 9.17) is 9.47 Å². The number of carbonyl (C=O) groups is 1. The number of rotatable bonds is 5. The summed E-state index contributed by atoms with van der Waals surface area (Å²) < 4.78 is 23.4. The SMILES string of the molecule is O=C(COC1CCOCC1)Cc1ccc(F)cc1. The van der Waals surface area contributed by atoms with Crippen molar-refractivity contribution in [3.63, 3.8) is 0 Å². The van der Waals surface area contributed by atoms with Crippen LogP contribution in [0.2, 0.25) is 0 Å². The summed E-state index contributed by atoms with van der Waals surface area (Å²) in [6.45, 7) is 1.54. The Kier molecular flexibility index (Phi) is 4.84. The van der Waals surface area contributed by atoms with Crippen molar-refractivity contribution < 1.29 is 18.7 Å². The first kappa shape index (κ1) is 13.2. The molecule has 18 heavy (non-hydrogen) atoms. The quantitative estimate of drug-likeness (QED) is 0.805. The first-order valence-electron chi connectivity index (χ1n) is 6.19. The van der Waals surface area contributed by atoms with Crippen molar-refractivity contribution in [1.82, 2.24) is 0 Å². The standard InChI is InChI=1S/C14H17FO3/c15-12-3-1-11(2-4-12)9-13(16)10-18-14-5-7-17-8-6-14/h1-4,14H,5-10H2. The van der Waals surface area contributed by atoms with Crippen molar-refractivity contribution in [2.45, 2.75) is 25.4 Å². The number of ether oxygens (including phenoxy) is 2. The molecule has 0 radical (unpaired) electrons. The molecule has 0 bridgehead atoms. The van der Waals surface area contributed by atoms with Crippen LogP contribution in [0.5, 0.6) is 0 Å². The Labute approximate surface area is 106 Å². The molecule has 2 rings (SSSR count). The summed E-state index contributed by atoms with van der Waals surface area (Å²) >= 11 is 0. The number of halogens is 1. The van der Waals surface area contributed by atoms with Gasteiger partial charge in [0.15, 0.2) is 5.78 Å². The summed E-state index contributed by atoms with van der Waals surface area (Å²) in [5.41, 5.74) is 0.817. The average molecular weight is 252 g/mol. The van der Waals surface area contributed by atoms with Crippen molar-refractivity contribution in [3.05, 3.63) is 35.6 Å². The second-order valence-corrected chi connectivity index (χ2v) is 4.46. The van der Waals surface area contributed by atoms with Crippen LogP contribution in [0.4, 0.5) is 4.39 Å². The molecule has 1 aromatic carbocycles. The van der Waals surface area contributed by atoms with E-state index in [0.29, 0.717) is 19.6 Å². The van der Waals surface area contributed by atoms with Crippen LogP contribution in [0.25, 0.3) is 0 Å². The average Bonchev–Trinajstić information content (AvgIpc) is 2.40. The smallest absolute Gasteiger partial charge is 0.162 e. The summed E-state index contributed by atoms with van der Waals surface area (Å²) in [4.78, 5) is 11.7. The van der Waals surface area contributed by atoms with Crippen LogP contribution in [-0.2, 0) is 20.7 Å². The number of Topliss-reactive ketones (excluding diaryl/α,β-unsaturated/α-hetero) is 1. The van der Waals surface area contributed by atoms with Gasteiger partial charge in [-0.25, -0.2) is 4.39 Å². The molecule has 1 fully saturated rings. The van der Waals surface area contributed by atoms with Gasteiger partial charge in [-0.05, 0) is 30.5 Å². The molecule has 1 aliphatic rings. The first-order valence-corrected chi connectivity index (χ1v) is 6.19. The molecule has 4 heteroatoms. The number of benzene rings is 1. The summed E-state index contributed by atoms with van der Waals surface area (Å²) in [5, 5.41) is 0. The molecule has 3 nitrogen and oxygen atoms in total. The Morgan fingerprint density at radius 2 is 1.94 bits per heavy atom. The van der Waals surface area contributed by atoms with E-state index in [1.807, 2.05) is 0 Å². The van der Waals surface area contributed by atoms with Crippen molar-refractivity contribution in [2.75, 3.05) is 19.8 Å². The van der Waals surface area contributed by atoms with E-state index in [1.54, 1.807) is 12.1 Å². The third kappa shape index (κ3) is 4.20. The highest BCUT2D eigenvalue weighted by atomic mass is 19.1. The minimum Gasteiger partial charge on any atom is -0.381 e. The normalized spacial score (nSPS) is 16.7. The Morgan fingerprint density at radius 3 is 2.61 bits per heavy atom. The second-order valence-electron chi connectivity index (χ2n) is 4.46. The predicted octanol–water partition coefficient (Wildman–Crippen LogP) is 2.13. The van der Waals surface area contributed by atoms with Gasteiger partial charge < -0.3 is 9.47 Å². The predicted molar refractivity (Wildman–Crippen MR) is 64.9 cm³/mol. The van der Waals surface area contributed by atoms with E-state index in [2.05, 4.69) is 0 Å². The van der Waals surface area contributed by atoms with E-state index >= 15 is 0 Å². The topological polar surface area (TPSA) is 35.5 Å². The van der Waals surface area contributed by atoms with Crippen molar-refractivity contribution in [3.8, 4) is 0 Å². The molecule has 0 atom stereocenters. The highest BCUT2D eigenvalue weighted by molar-refractivity contribution is 5.82. The minimum atomic E-state index is -0.287. The van der Waals surface area contributed by atoms with Gasteiger partial charge in [-0.15, -0.1) is 0 Å². The largest absolute Gasteiger partial charge is 0.381 e. The molecule has 1 aliphatic heterocycles. The van der Waals surface area contributed by atoms with Crippen LogP contribution in [0.3, 0.4) is 0 Å². The molecule has 0 aliphatic carbocycles. The monoisotopic (exact) mass is 252 g/mol. The molecule has 1 saturated heterocycles. The lowest BCUT2D eigenvalue weighted by Crippen LogP contribution is -2.26. The maximum absolute atomic E-state index is 12.7. The Balaban J connectivity index is 1.73. The second kappa shape index (κ2) is 6.61. The number of hydrogen-bond donors (Lipinski definition) is 0. The lowest BCUT2D eigenvalue weighted by molar-refractivity contribution is -0.127. The van der Waals surface area contributed by atoms with Crippen LogP contribution in [0.15, 0.2) is 24.3 Å². The lowest BCUT2D eigenvalue weighted by Gasteiger charge is -2.21. The fourth-order valence-corrected chi connectivity index (χ4v) is 1.93. The first-order chi connectivity index (χ1) is 8.74. The minimum absolute atomic E-state index is 0.0214. The van der Waals surface area contributed by atoms with Crippen molar-refractivity contribution in [2.24, 2.45) is 0 Å². The maximum Gasteiger partial charge on any atom is 0.162 e. The molecular weight excluding hydrogens is 235 g/mol. The van der Waals surface area contributed by atoms with E-state index < -0.39 is 0 Å². The van der Waals surface area contributed by atoms with Gasteiger partial charge in [-0.1, -0.05) is 12.1 Å². The summed E-state index contributed by atoms with van der Waals surface area (Å²) in [5.74, 6) is -0.266. The third-order valence-electron chi connectivity index (χ3n) is 2.96. The van der Waals surface area contributed by atoms with Gasteiger partial charge in [0.05, 0.1) is 6.10 Å². The lowest BCUT2D eigenvalue weighted by atomic mass is 10.1.